The van der Waals surface area contributed by atoms with Gasteiger partial charge in [0.1, 0.15) is 6.33 Å². The van der Waals surface area contributed by atoms with Gasteiger partial charge in [0.25, 0.3) is 0 Å². The molecule has 108 valence electrons. The molecule has 3 aromatic heterocycles. The van der Waals surface area contributed by atoms with Crippen LogP contribution >= 0.6 is 34.3 Å². The van der Waals surface area contributed by atoms with Crippen molar-refractivity contribution in [3.63, 3.8) is 0 Å². The Bertz CT molecular complexity index is 737. The minimum Gasteiger partial charge on any atom is -0.351 e. The van der Waals surface area contributed by atoms with Crippen molar-refractivity contribution >= 4 is 40.2 Å². The SMILES string of the molecule is O=C(Cc1csc(-c2ncn[nH]2)n1)NCc1ccc(Cl)s1. The summed E-state index contributed by atoms with van der Waals surface area (Å²) in [6.07, 6.45) is 1.67. The number of thiophene rings is 1. The van der Waals surface area contributed by atoms with Gasteiger partial charge >= 0.3 is 0 Å². The van der Waals surface area contributed by atoms with Gasteiger partial charge in [-0.3, -0.25) is 9.89 Å². The maximum atomic E-state index is 11.9. The van der Waals surface area contributed by atoms with E-state index < -0.39 is 0 Å². The Balaban J connectivity index is 1.55. The average Bonchev–Trinajstić information content (AvgIpc) is 3.16. The van der Waals surface area contributed by atoms with Crippen molar-refractivity contribution in [2.75, 3.05) is 0 Å². The van der Waals surface area contributed by atoms with Crippen molar-refractivity contribution < 1.29 is 4.79 Å². The molecule has 1 amide bonds. The van der Waals surface area contributed by atoms with Crippen LogP contribution in [0.1, 0.15) is 10.6 Å². The number of hydrogen-bond donors (Lipinski definition) is 2. The van der Waals surface area contributed by atoms with Gasteiger partial charge in [0, 0.05) is 10.3 Å². The molecule has 3 heterocycles. The number of carbonyl (C=O) groups is 1. The molecule has 9 heteroatoms. The molecule has 0 aliphatic carbocycles. The van der Waals surface area contributed by atoms with Crippen molar-refractivity contribution in [1.82, 2.24) is 25.5 Å². The van der Waals surface area contributed by atoms with Gasteiger partial charge in [0.2, 0.25) is 5.91 Å². The Morgan fingerprint density at radius 2 is 2.33 bits per heavy atom. The Hall–Kier alpha value is -1.77. The smallest absolute Gasteiger partial charge is 0.226 e. The highest BCUT2D eigenvalue weighted by molar-refractivity contribution is 7.16. The first kappa shape index (κ1) is 14.2. The van der Waals surface area contributed by atoms with Crippen molar-refractivity contribution in [2.45, 2.75) is 13.0 Å². The molecule has 0 saturated heterocycles. The highest BCUT2D eigenvalue weighted by atomic mass is 35.5. The second kappa shape index (κ2) is 6.33. The maximum Gasteiger partial charge on any atom is 0.226 e. The number of halogens is 1. The van der Waals surface area contributed by atoms with E-state index in [2.05, 4.69) is 25.5 Å². The summed E-state index contributed by atoms with van der Waals surface area (Å²) in [6.45, 7) is 0.481. The van der Waals surface area contributed by atoms with Crippen LogP contribution in [0.5, 0.6) is 0 Å². The average molecular weight is 340 g/mol. The number of aromatic amines is 1. The topological polar surface area (TPSA) is 83.6 Å². The van der Waals surface area contributed by atoms with E-state index in [-0.39, 0.29) is 12.3 Å². The van der Waals surface area contributed by atoms with E-state index in [1.54, 1.807) is 0 Å². The molecule has 0 spiro atoms. The number of nitrogens with zero attached hydrogens (tertiary/aromatic N) is 3. The third kappa shape index (κ3) is 3.66. The molecule has 0 saturated carbocycles. The van der Waals surface area contributed by atoms with Gasteiger partial charge in [-0.15, -0.1) is 22.7 Å². The van der Waals surface area contributed by atoms with Gasteiger partial charge in [-0.2, -0.15) is 5.10 Å². The lowest BCUT2D eigenvalue weighted by molar-refractivity contribution is -0.120. The molecule has 0 aliphatic rings. The van der Waals surface area contributed by atoms with E-state index in [0.29, 0.717) is 18.1 Å². The van der Waals surface area contributed by atoms with Crippen LogP contribution in [0.4, 0.5) is 0 Å². The van der Waals surface area contributed by atoms with Crippen LogP contribution < -0.4 is 5.32 Å². The summed E-state index contributed by atoms with van der Waals surface area (Å²) in [5, 5.41) is 11.9. The Morgan fingerprint density at radius 1 is 1.43 bits per heavy atom. The second-order valence-electron chi connectivity index (χ2n) is 4.14. The lowest BCUT2D eigenvalue weighted by Crippen LogP contribution is -2.24. The molecule has 0 bridgehead atoms. The molecule has 0 atom stereocenters. The number of rotatable bonds is 5. The van der Waals surface area contributed by atoms with Crippen LogP contribution in [0.3, 0.4) is 0 Å². The van der Waals surface area contributed by atoms with Crippen LogP contribution in [0.2, 0.25) is 4.34 Å². The monoisotopic (exact) mass is 339 g/mol. The summed E-state index contributed by atoms with van der Waals surface area (Å²) in [6, 6.07) is 3.72. The lowest BCUT2D eigenvalue weighted by Gasteiger charge is -2.01. The number of amides is 1. The van der Waals surface area contributed by atoms with E-state index in [9.17, 15) is 4.79 Å². The van der Waals surface area contributed by atoms with E-state index in [4.69, 9.17) is 11.6 Å². The molecule has 3 aromatic rings. The van der Waals surface area contributed by atoms with Crippen molar-refractivity contribution in [1.29, 1.82) is 0 Å². The van der Waals surface area contributed by atoms with Crippen LogP contribution in [0, 0.1) is 0 Å². The molecule has 0 fully saturated rings. The molecule has 21 heavy (non-hydrogen) atoms. The molecule has 6 nitrogen and oxygen atoms in total. The predicted octanol–water partition coefficient (Wildman–Crippen LogP) is 2.50. The Kier molecular flexibility index (Phi) is 4.28. The van der Waals surface area contributed by atoms with Crippen molar-refractivity contribution in [3.05, 3.63) is 38.7 Å². The summed E-state index contributed by atoms with van der Waals surface area (Å²) < 4.78 is 0.718. The molecular formula is C12H10ClN5OS2. The summed E-state index contributed by atoms with van der Waals surface area (Å²) in [5.41, 5.74) is 0.716. The molecule has 0 unspecified atom stereocenters. The van der Waals surface area contributed by atoms with E-state index in [1.165, 1.54) is 29.0 Å². The predicted molar refractivity (Wildman–Crippen MR) is 82.4 cm³/mol. The summed E-state index contributed by atoms with van der Waals surface area (Å²) >= 11 is 8.72. The van der Waals surface area contributed by atoms with Crippen LogP contribution in [0.15, 0.2) is 23.8 Å². The third-order valence-corrected chi connectivity index (χ3v) is 4.73. The molecular weight excluding hydrogens is 330 g/mol. The number of carbonyl (C=O) groups excluding carboxylic acids is 1. The quantitative estimate of drug-likeness (QED) is 0.748. The minimum absolute atomic E-state index is 0.0751. The van der Waals surface area contributed by atoms with E-state index >= 15 is 0 Å². The Labute approximate surface area is 133 Å². The van der Waals surface area contributed by atoms with Gasteiger partial charge < -0.3 is 5.32 Å². The fourth-order valence-corrected chi connectivity index (χ4v) is 3.46. The summed E-state index contributed by atoms with van der Waals surface area (Å²) in [7, 11) is 0. The van der Waals surface area contributed by atoms with Gasteiger partial charge in [0.15, 0.2) is 10.8 Å². The van der Waals surface area contributed by atoms with E-state index in [0.717, 1.165) is 14.2 Å². The zero-order valence-electron chi connectivity index (χ0n) is 10.7. The van der Waals surface area contributed by atoms with Crippen molar-refractivity contribution in [3.8, 4) is 10.8 Å². The Morgan fingerprint density at radius 3 is 3.05 bits per heavy atom. The lowest BCUT2D eigenvalue weighted by atomic mass is 10.3. The van der Waals surface area contributed by atoms with Crippen molar-refractivity contribution in [2.24, 2.45) is 0 Å². The molecule has 0 aromatic carbocycles. The standard InChI is InChI=1S/C12H10ClN5OS2/c13-9-2-1-8(21-9)4-14-10(19)3-7-5-20-12(17-7)11-15-6-16-18-11/h1-2,5-6H,3-4H2,(H,14,19)(H,15,16,18). The maximum absolute atomic E-state index is 11.9. The molecule has 2 N–H and O–H groups in total. The van der Waals surface area contributed by atoms with Gasteiger partial charge in [0.05, 0.1) is 23.0 Å². The largest absolute Gasteiger partial charge is 0.351 e. The fraction of sp³-hybridized carbons (Fsp3) is 0.167. The fourth-order valence-electron chi connectivity index (χ4n) is 1.66. The first-order valence-corrected chi connectivity index (χ1v) is 8.09. The number of hydrogen-bond acceptors (Lipinski definition) is 6. The highest BCUT2D eigenvalue weighted by Crippen LogP contribution is 2.21. The molecule has 0 radical (unpaired) electrons. The van der Waals surface area contributed by atoms with Crippen LogP contribution in [0.25, 0.3) is 10.8 Å². The number of nitrogens with one attached hydrogen (secondary N) is 2. The first-order chi connectivity index (χ1) is 10.2. The van der Waals surface area contributed by atoms with Gasteiger partial charge in [-0.05, 0) is 12.1 Å². The summed E-state index contributed by atoms with van der Waals surface area (Å²) in [4.78, 5) is 21.3. The first-order valence-electron chi connectivity index (χ1n) is 6.02. The minimum atomic E-state index is -0.0751. The van der Waals surface area contributed by atoms with Crippen LogP contribution in [-0.4, -0.2) is 26.1 Å². The molecule has 3 rings (SSSR count). The normalized spacial score (nSPS) is 10.7. The zero-order valence-corrected chi connectivity index (χ0v) is 13.1. The van der Waals surface area contributed by atoms with E-state index in [1.807, 2.05) is 17.5 Å². The number of thiazole rings is 1. The molecule has 0 aliphatic heterocycles. The second-order valence-corrected chi connectivity index (χ2v) is 6.80. The summed E-state index contributed by atoms with van der Waals surface area (Å²) in [5.74, 6) is 0.536. The third-order valence-electron chi connectivity index (χ3n) is 2.60. The van der Waals surface area contributed by atoms with Crippen LogP contribution in [-0.2, 0) is 17.8 Å². The zero-order chi connectivity index (χ0) is 14.7. The number of aromatic nitrogens is 4. The van der Waals surface area contributed by atoms with Gasteiger partial charge in [-0.25, -0.2) is 9.97 Å². The highest BCUT2D eigenvalue weighted by Gasteiger charge is 2.10. The number of H-pyrrole nitrogens is 1. The van der Waals surface area contributed by atoms with Gasteiger partial charge in [-0.1, -0.05) is 11.6 Å².